The molecular formula is C15H26ClN3O3S. The Morgan fingerprint density at radius 1 is 1.30 bits per heavy atom. The molecule has 8 heteroatoms. The van der Waals surface area contributed by atoms with E-state index in [-0.39, 0.29) is 35.8 Å². The molecule has 0 heterocycles. The lowest BCUT2D eigenvalue weighted by molar-refractivity contribution is -0.114. The molecule has 1 amide bonds. The van der Waals surface area contributed by atoms with E-state index < -0.39 is 10.0 Å². The van der Waals surface area contributed by atoms with Gasteiger partial charge in [-0.2, -0.15) is 0 Å². The molecule has 0 aliphatic rings. The highest BCUT2D eigenvalue weighted by molar-refractivity contribution is 7.89. The fourth-order valence-electron chi connectivity index (χ4n) is 2.14. The summed E-state index contributed by atoms with van der Waals surface area (Å²) in [6, 6.07) is 4.34. The van der Waals surface area contributed by atoms with Gasteiger partial charge in [-0.25, -0.2) is 13.1 Å². The van der Waals surface area contributed by atoms with Crippen molar-refractivity contribution in [3.8, 4) is 0 Å². The van der Waals surface area contributed by atoms with Gasteiger partial charge in [-0.1, -0.05) is 19.9 Å². The minimum Gasteiger partial charge on any atom is -0.329 e. The van der Waals surface area contributed by atoms with Gasteiger partial charge in [0.1, 0.15) is 0 Å². The molecule has 1 atom stereocenters. The molecule has 0 aliphatic carbocycles. The van der Waals surface area contributed by atoms with Crippen LogP contribution in [0.5, 0.6) is 0 Å². The molecule has 4 N–H and O–H groups in total. The average molecular weight is 364 g/mol. The third-order valence-electron chi connectivity index (χ3n) is 3.19. The Kier molecular flexibility index (Phi) is 8.76. The zero-order valence-electron chi connectivity index (χ0n) is 13.9. The maximum Gasteiger partial charge on any atom is 0.240 e. The van der Waals surface area contributed by atoms with Crippen molar-refractivity contribution in [1.82, 2.24) is 4.72 Å². The van der Waals surface area contributed by atoms with E-state index >= 15 is 0 Å². The molecule has 1 rings (SSSR count). The van der Waals surface area contributed by atoms with Crippen molar-refractivity contribution < 1.29 is 13.2 Å². The summed E-state index contributed by atoms with van der Waals surface area (Å²) in [5.41, 5.74) is 6.93. The van der Waals surface area contributed by atoms with Gasteiger partial charge in [0.05, 0.1) is 4.90 Å². The quantitative estimate of drug-likeness (QED) is 0.689. The van der Waals surface area contributed by atoms with Gasteiger partial charge in [0.15, 0.2) is 0 Å². The first-order valence-electron chi connectivity index (χ1n) is 7.26. The number of benzene rings is 1. The zero-order valence-corrected chi connectivity index (χ0v) is 15.6. The average Bonchev–Trinajstić information content (AvgIpc) is 2.39. The first-order valence-corrected chi connectivity index (χ1v) is 8.74. The highest BCUT2D eigenvalue weighted by atomic mass is 35.5. The van der Waals surface area contributed by atoms with Crippen molar-refractivity contribution in [3.05, 3.63) is 23.8 Å². The van der Waals surface area contributed by atoms with Crippen molar-refractivity contribution in [2.75, 3.05) is 11.9 Å². The van der Waals surface area contributed by atoms with Crippen LogP contribution in [0, 0.1) is 12.8 Å². The molecule has 23 heavy (non-hydrogen) atoms. The van der Waals surface area contributed by atoms with E-state index in [0.29, 0.717) is 18.0 Å². The van der Waals surface area contributed by atoms with Crippen molar-refractivity contribution in [3.63, 3.8) is 0 Å². The zero-order chi connectivity index (χ0) is 16.9. The van der Waals surface area contributed by atoms with E-state index in [1.165, 1.54) is 19.1 Å². The van der Waals surface area contributed by atoms with Gasteiger partial charge in [0, 0.05) is 25.2 Å². The third kappa shape index (κ3) is 6.87. The Hall–Kier alpha value is -1.15. The second-order valence-corrected chi connectivity index (χ2v) is 7.56. The van der Waals surface area contributed by atoms with E-state index in [9.17, 15) is 13.2 Å². The van der Waals surface area contributed by atoms with Gasteiger partial charge in [-0.15, -0.1) is 12.4 Å². The van der Waals surface area contributed by atoms with Crippen LogP contribution in [0.15, 0.2) is 23.1 Å². The second-order valence-electron chi connectivity index (χ2n) is 5.84. The Labute approximate surface area is 144 Å². The molecule has 1 unspecified atom stereocenters. The number of halogens is 1. The van der Waals surface area contributed by atoms with Crippen molar-refractivity contribution >= 4 is 34.0 Å². The molecule has 1 aromatic carbocycles. The topological polar surface area (TPSA) is 101 Å². The first-order chi connectivity index (χ1) is 10.2. The van der Waals surface area contributed by atoms with Crippen LogP contribution in [0.3, 0.4) is 0 Å². The number of sulfonamides is 1. The molecule has 132 valence electrons. The molecule has 6 nitrogen and oxygen atoms in total. The molecule has 0 spiro atoms. The Balaban J connectivity index is 0.00000484. The van der Waals surface area contributed by atoms with Crippen molar-refractivity contribution in [2.45, 2.75) is 45.1 Å². The lowest BCUT2D eigenvalue weighted by Gasteiger charge is -2.19. The fourth-order valence-corrected chi connectivity index (χ4v) is 3.43. The summed E-state index contributed by atoms with van der Waals surface area (Å²) in [5.74, 6) is 0.0921. The van der Waals surface area contributed by atoms with Gasteiger partial charge >= 0.3 is 0 Å². The lowest BCUT2D eigenvalue weighted by atomic mass is 10.1. The van der Waals surface area contributed by atoms with Gasteiger partial charge in [0.25, 0.3) is 0 Å². The highest BCUT2D eigenvalue weighted by Crippen LogP contribution is 2.20. The summed E-state index contributed by atoms with van der Waals surface area (Å²) in [5, 5.41) is 2.63. The third-order valence-corrected chi connectivity index (χ3v) is 4.71. The molecule has 1 aromatic rings. The molecule has 0 saturated heterocycles. The van der Waals surface area contributed by atoms with Crippen LogP contribution in [0.25, 0.3) is 0 Å². The van der Waals surface area contributed by atoms with E-state index in [4.69, 9.17) is 5.73 Å². The van der Waals surface area contributed by atoms with Crippen LogP contribution < -0.4 is 15.8 Å². The predicted octanol–water partition coefficient (Wildman–Crippen LogP) is 2.03. The summed E-state index contributed by atoms with van der Waals surface area (Å²) in [6.07, 6.45) is 0.667. The maximum absolute atomic E-state index is 12.5. The summed E-state index contributed by atoms with van der Waals surface area (Å²) >= 11 is 0. The molecule has 0 radical (unpaired) electrons. The van der Waals surface area contributed by atoms with Gasteiger partial charge < -0.3 is 11.1 Å². The van der Waals surface area contributed by atoms with Gasteiger partial charge in [-0.05, 0) is 37.0 Å². The summed E-state index contributed by atoms with van der Waals surface area (Å²) in [6.45, 7) is 7.44. The number of rotatable bonds is 7. The molecule has 0 fully saturated rings. The van der Waals surface area contributed by atoms with Crippen molar-refractivity contribution in [2.24, 2.45) is 11.7 Å². The minimum atomic E-state index is -3.67. The number of nitrogens with one attached hydrogen (secondary N) is 2. The van der Waals surface area contributed by atoms with Crippen LogP contribution in [0.1, 0.15) is 32.8 Å². The van der Waals surface area contributed by atoms with Crippen LogP contribution in [-0.2, 0) is 14.8 Å². The van der Waals surface area contributed by atoms with E-state index in [1.54, 1.807) is 13.0 Å². The van der Waals surface area contributed by atoms with Crippen molar-refractivity contribution in [1.29, 1.82) is 0 Å². The summed E-state index contributed by atoms with van der Waals surface area (Å²) < 4.78 is 27.5. The molecule has 0 aliphatic heterocycles. The van der Waals surface area contributed by atoms with E-state index in [2.05, 4.69) is 10.0 Å². The number of carbonyl (C=O) groups is 1. The van der Waals surface area contributed by atoms with Gasteiger partial charge in [-0.3, -0.25) is 4.79 Å². The van der Waals surface area contributed by atoms with Crippen LogP contribution in [0.2, 0.25) is 0 Å². The monoisotopic (exact) mass is 363 g/mol. The number of aryl methyl sites for hydroxylation is 1. The first kappa shape index (κ1) is 21.9. The predicted molar refractivity (Wildman–Crippen MR) is 95.3 cm³/mol. The molecule has 0 bridgehead atoms. The number of amides is 1. The number of nitrogens with two attached hydrogens (primary N) is 1. The van der Waals surface area contributed by atoms with Crippen LogP contribution >= 0.6 is 12.4 Å². The fraction of sp³-hybridized carbons (Fsp3) is 0.533. The number of carbonyl (C=O) groups excluding carboxylic acids is 1. The molecule has 0 aromatic heterocycles. The van der Waals surface area contributed by atoms with Crippen LogP contribution in [0.4, 0.5) is 5.69 Å². The second kappa shape index (κ2) is 9.22. The Bertz CT molecular complexity index is 633. The smallest absolute Gasteiger partial charge is 0.240 e. The highest BCUT2D eigenvalue weighted by Gasteiger charge is 2.21. The molecular weight excluding hydrogens is 338 g/mol. The number of hydrogen-bond acceptors (Lipinski definition) is 4. The van der Waals surface area contributed by atoms with Gasteiger partial charge in [0.2, 0.25) is 15.9 Å². The maximum atomic E-state index is 12.5. The van der Waals surface area contributed by atoms with E-state index in [1.807, 2.05) is 13.8 Å². The standard InChI is InChI=1S/C15H25N3O3S.ClH/c1-10(2)7-13(9-16)18-22(20,21)14-6-5-11(3)15(8-14)17-12(4)19;/h5-6,8,10,13,18H,7,9,16H2,1-4H3,(H,17,19);1H. The SMILES string of the molecule is CC(=O)Nc1cc(S(=O)(=O)NC(CN)CC(C)C)ccc1C.Cl. The Morgan fingerprint density at radius 2 is 1.91 bits per heavy atom. The van der Waals surface area contributed by atoms with Crippen LogP contribution in [-0.4, -0.2) is 26.9 Å². The summed E-state index contributed by atoms with van der Waals surface area (Å²) in [7, 11) is -3.67. The summed E-state index contributed by atoms with van der Waals surface area (Å²) in [4.78, 5) is 11.3. The Morgan fingerprint density at radius 3 is 2.39 bits per heavy atom. The normalized spacial score (nSPS) is 12.6. The minimum absolute atomic E-state index is 0. The van der Waals surface area contributed by atoms with E-state index in [0.717, 1.165) is 5.56 Å². The molecule has 0 saturated carbocycles. The number of hydrogen-bond donors (Lipinski definition) is 3. The largest absolute Gasteiger partial charge is 0.329 e. The lowest BCUT2D eigenvalue weighted by Crippen LogP contribution is -2.41. The number of anilines is 1.